The maximum Gasteiger partial charge on any atom is 0.0476 e. The van der Waals surface area contributed by atoms with E-state index in [0.29, 0.717) is 6.04 Å². The van der Waals surface area contributed by atoms with E-state index < -0.39 is 0 Å². The maximum atomic E-state index is 5.09. The van der Waals surface area contributed by atoms with Gasteiger partial charge in [0.05, 0.1) is 0 Å². The molecule has 0 saturated carbocycles. The zero-order chi connectivity index (χ0) is 12.8. The first kappa shape index (κ1) is 13.1. The molecule has 2 heteroatoms. The zero-order valence-electron chi connectivity index (χ0n) is 11.1. The Kier molecular flexibility index (Phi) is 4.73. The number of hydrogen-bond donors (Lipinski definition) is 1. The summed E-state index contributed by atoms with van der Waals surface area (Å²) < 4.78 is 5.09. The van der Waals surface area contributed by atoms with E-state index in [4.69, 9.17) is 4.74 Å². The van der Waals surface area contributed by atoms with Gasteiger partial charge in [-0.15, -0.1) is 0 Å². The van der Waals surface area contributed by atoms with Gasteiger partial charge in [0.1, 0.15) is 0 Å². The molecule has 0 bridgehead atoms. The van der Waals surface area contributed by atoms with Crippen molar-refractivity contribution in [3.8, 4) is 0 Å². The van der Waals surface area contributed by atoms with Crippen LogP contribution in [0.25, 0.3) is 10.8 Å². The van der Waals surface area contributed by atoms with Gasteiger partial charge in [0.15, 0.2) is 0 Å². The lowest BCUT2D eigenvalue weighted by Crippen LogP contribution is -2.26. The van der Waals surface area contributed by atoms with E-state index in [1.807, 2.05) is 0 Å². The van der Waals surface area contributed by atoms with Gasteiger partial charge in [-0.2, -0.15) is 0 Å². The molecule has 0 radical (unpaired) electrons. The molecule has 2 rings (SSSR count). The smallest absolute Gasteiger partial charge is 0.0476 e. The highest BCUT2D eigenvalue weighted by Gasteiger charge is 2.03. The minimum Gasteiger partial charge on any atom is -0.385 e. The van der Waals surface area contributed by atoms with Gasteiger partial charge in [0, 0.05) is 26.3 Å². The number of hydrogen-bond acceptors (Lipinski definition) is 2. The fourth-order valence-electron chi connectivity index (χ4n) is 2.13. The predicted molar refractivity (Wildman–Crippen MR) is 76.7 cm³/mol. The molecule has 96 valence electrons. The van der Waals surface area contributed by atoms with Crippen molar-refractivity contribution in [3.63, 3.8) is 0 Å². The first-order valence-electron chi connectivity index (χ1n) is 6.50. The van der Waals surface area contributed by atoms with Gasteiger partial charge < -0.3 is 10.1 Å². The summed E-state index contributed by atoms with van der Waals surface area (Å²) in [5, 5.41) is 6.19. The number of rotatable bonds is 6. The molecule has 0 amide bonds. The van der Waals surface area contributed by atoms with Crippen molar-refractivity contribution in [1.29, 1.82) is 0 Å². The van der Waals surface area contributed by atoms with Gasteiger partial charge in [-0.1, -0.05) is 42.5 Å². The van der Waals surface area contributed by atoms with Crippen molar-refractivity contribution in [2.24, 2.45) is 0 Å². The summed E-state index contributed by atoms with van der Waals surface area (Å²) in [4.78, 5) is 0. The van der Waals surface area contributed by atoms with Crippen LogP contribution in [-0.4, -0.2) is 19.8 Å². The first-order valence-corrected chi connectivity index (χ1v) is 6.50. The lowest BCUT2D eigenvalue weighted by molar-refractivity contribution is 0.184. The molecule has 0 aliphatic carbocycles. The highest BCUT2D eigenvalue weighted by atomic mass is 16.5. The van der Waals surface area contributed by atoms with E-state index in [0.717, 1.165) is 19.6 Å². The molecule has 0 heterocycles. The molecular formula is C16H21NO. The highest BCUT2D eigenvalue weighted by Crippen LogP contribution is 2.18. The van der Waals surface area contributed by atoms with E-state index in [2.05, 4.69) is 54.7 Å². The average Bonchev–Trinajstić information content (AvgIpc) is 2.42. The largest absolute Gasteiger partial charge is 0.385 e. The number of nitrogens with one attached hydrogen (secondary N) is 1. The predicted octanol–water partition coefficient (Wildman–Crippen LogP) is 3.35. The van der Waals surface area contributed by atoms with Crippen LogP contribution in [0.15, 0.2) is 42.5 Å². The monoisotopic (exact) mass is 243 g/mol. The Morgan fingerprint density at radius 3 is 2.72 bits per heavy atom. The summed E-state index contributed by atoms with van der Waals surface area (Å²) in [7, 11) is 1.75. The van der Waals surface area contributed by atoms with Gasteiger partial charge in [-0.25, -0.2) is 0 Å². The Morgan fingerprint density at radius 1 is 1.11 bits per heavy atom. The normalized spacial score (nSPS) is 12.8. The Hall–Kier alpha value is -1.38. The summed E-state index contributed by atoms with van der Waals surface area (Å²) >= 11 is 0. The van der Waals surface area contributed by atoms with Crippen LogP contribution in [0.2, 0.25) is 0 Å². The van der Waals surface area contributed by atoms with Crippen LogP contribution in [0.5, 0.6) is 0 Å². The standard InChI is InChI=1S/C16H21NO/c1-13(10-11-18-2)17-12-15-8-5-7-14-6-3-4-9-16(14)15/h3-9,13,17H,10-12H2,1-2H3. The SMILES string of the molecule is COCCC(C)NCc1cccc2ccccc12. The van der Waals surface area contributed by atoms with Crippen LogP contribution in [0.3, 0.4) is 0 Å². The molecule has 0 saturated heterocycles. The van der Waals surface area contributed by atoms with Crippen LogP contribution in [-0.2, 0) is 11.3 Å². The molecule has 0 spiro atoms. The molecule has 0 fully saturated rings. The second-order valence-corrected chi connectivity index (χ2v) is 4.70. The average molecular weight is 243 g/mol. The fraction of sp³-hybridized carbons (Fsp3) is 0.375. The third-order valence-electron chi connectivity index (χ3n) is 3.28. The molecule has 2 aromatic carbocycles. The number of ether oxygens (including phenoxy) is 1. The molecular weight excluding hydrogens is 222 g/mol. The third kappa shape index (κ3) is 3.31. The topological polar surface area (TPSA) is 21.3 Å². The quantitative estimate of drug-likeness (QED) is 0.840. The van der Waals surface area contributed by atoms with Gasteiger partial charge >= 0.3 is 0 Å². The van der Waals surface area contributed by atoms with Crippen molar-refractivity contribution in [2.45, 2.75) is 25.9 Å². The molecule has 0 aliphatic rings. The van der Waals surface area contributed by atoms with Crippen LogP contribution < -0.4 is 5.32 Å². The van der Waals surface area contributed by atoms with Crippen molar-refractivity contribution in [3.05, 3.63) is 48.0 Å². The lowest BCUT2D eigenvalue weighted by Gasteiger charge is -2.14. The highest BCUT2D eigenvalue weighted by molar-refractivity contribution is 5.85. The van der Waals surface area contributed by atoms with Crippen LogP contribution in [0, 0.1) is 0 Å². The molecule has 0 aliphatic heterocycles. The van der Waals surface area contributed by atoms with Gasteiger partial charge in [0.25, 0.3) is 0 Å². The number of benzene rings is 2. The molecule has 2 aromatic rings. The Labute approximate surface area is 109 Å². The number of methoxy groups -OCH3 is 1. The Bertz CT molecular complexity index is 490. The Balaban J connectivity index is 2.03. The third-order valence-corrected chi connectivity index (χ3v) is 3.28. The van der Waals surface area contributed by atoms with Crippen molar-refractivity contribution < 1.29 is 4.74 Å². The van der Waals surface area contributed by atoms with Gasteiger partial charge in [-0.05, 0) is 29.7 Å². The molecule has 18 heavy (non-hydrogen) atoms. The fourth-order valence-corrected chi connectivity index (χ4v) is 2.13. The second kappa shape index (κ2) is 6.53. The minimum absolute atomic E-state index is 0.476. The summed E-state index contributed by atoms with van der Waals surface area (Å²) in [6.45, 7) is 3.92. The number of fused-ring (bicyclic) bond motifs is 1. The van der Waals surface area contributed by atoms with Crippen molar-refractivity contribution >= 4 is 10.8 Å². The minimum atomic E-state index is 0.476. The van der Waals surface area contributed by atoms with Crippen LogP contribution in [0.1, 0.15) is 18.9 Å². The molecule has 1 N–H and O–H groups in total. The summed E-state index contributed by atoms with van der Waals surface area (Å²) in [6.07, 6.45) is 1.04. The molecule has 2 nitrogen and oxygen atoms in total. The van der Waals surface area contributed by atoms with Crippen molar-refractivity contribution in [2.75, 3.05) is 13.7 Å². The summed E-state index contributed by atoms with van der Waals surface area (Å²) in [6, 6.07) is 15.5. The molecule has 1 unspecified atom stereocenters. The lowest BCUT2D eigenvalue weighted by atomic mass is 10.0. The van der Waals surface area contributed by atoms with E-state index in [-0.39, 0.29) is 0 Å². The summed E-state index contributed by atoms with van der Waals surface area (Å²) in [5.74, 6) is 0. The van der Waals surface area contributed by atoms with E-state index in [1.165, 1.54) is 16.3 Å². The van der Waals surface area contributed by atoms with Crippen molar-refractivity contribution in [1.82, 2.24) is 5.32 Å². The van der Waals surface area contributed by atoms with Gasteiger partial charge in [-0.3, -0.25) is 0 Å². The Morgan fingerprint density at radius 2 is 1.89 bits per heavy atom. The van der Waals surface area contributed by atoms with E-state index in [9.17, 15) is 0 Å². The first-order chi connectivity index (χ1) is 8.81. The maximum absolute atomic E-state index is 5.09. The van der Waals surface area contributed by atoms with E-state index >= 15 is 0 Å². The van der Waals surface area contributed by atoms with Crippen LogP contribution in [0.4, 0.5) is 0 Å². The summed E-state index contributed by atoms with van der Waals surface area (Å²) in [5.41, 5.74) is 1.36. The van der Waals surface area contributed by atoms with Crippen LogP contribution >= 0.6 is 0 Å². The second-order valence-electron chi connectivity index (χ2n) is 4.70. The van der Waals surface area contributed by atoms with E-state index in [1.54, 1.807) is 7.11 Å². The zero-order valence-corrected chi connectivity index (χ0v) is 11.1. The van der Waals surface area contributed by atoms with Gasteiger partial charge in [0.2, 0.25) is 0 Å². The molecule has 1 atom stereocenters. The molecule has 0 aromatic heterocycles.